The molecule has 0 atom stereocenters. The van der Waals surface area contributed by atoms with Crippen LogP contribution in [0.1, 0.15) is 32.6 Å². The Hall–Kier alpha value is -1.06. The average Bonchev–Trinajstić information content (AvgIpc) is 2.67. The van der Waals surface area contributed by atoms with Crippen molar-refractivity contribution in [3.05, 3.63) is 0 Å². The highest BCUT2D eigenvalue weighted by molar-refractivity contribution is 6.37. The van der Waals surface area contributed by atoms with E-state index in [0.717, 1.165) is 25.7 Å². The van der Waals surface area contributed by atoms with Crippen LogP contribution in [0.2, 0.25) is 0 Å². The summed E-state index contributed by atoms with van der Waals surface area (Å²) in [5.41, 5.74) is 0.451. The first-order chi connectivity index (χ1) is 6.79. The highest BCUT2D eigenvalue weighted by Crippen LogP contribution is 2.26. The van der Waals surface area contributed by atoms with E-state index in [2.05, 4.69) is 9.99 Å². The van der Waals surface area contributed by atoms with Crippen LogP contribution in [0.5, 0.6) is 0 Å². The third kappa shape index (κ3) is 2.72. The molecule has 0 aromatic carbocycles. The topological polar surface area (TPSA) is 47.9 Å². The first-order valence-corrected chi connectivity index (χ1v) is 5.07. The number of esters is 1. The minimum absolute atomic E-state index is 0.231. The molecule has 4 nitrogen and oxygen atoms in total. The normalized spacial score (nSPS) is 18.3. The summed E-state index contributed by atoms with van der Waals surface area (Å²) in [4.78, 5) is 16.2. The zero-order valence-corrected chi connectivity index (χ0v) is 8.78. The van der Waals surface area contributed by atoms with E-state index in [4.69, 9.17) is 4.74 Å². The monoisotopic (exact) mass is 199 g/mol. The van der Waals surface area contributed by atoms with Gasteiger partial charge in [-0.3, -0.25) is 0 Å². The second kappa shape index (κ2) is 5.62. The Bertz CT molecular complexity index is 219. The third-order valence-electron chi connectivity index (χ3n) is 2.42. The van der Waals surface area contributed by atoms with Crippen molar-refractivity contribution in [1.29, 1.82) is 0 Å². The lowest BCUT2D eigenvalue weighted by atomic mass is 10.0. The number of rotatable bonds is 4. The molecule has 0 aromatic rings. The molecule has 0 saturated heterocycles. The number of ether oxygens (including phenoxy) is 1. The van der Waals surface area contributed by atoms with E-state index in [1.807, 2.05) is 0 Å². The molecule has 1 saturated carbocycles. The number of hydrogen-bond acceptors (Lipinski definition) is 4. The highest BCUT2D eigenvalue weighted by Gasteiger charge is 2.27. The number of oxime groups is 1. The lowest BCUT2D eigenvalue weighted by molar-refractivity contribution is -0.135. The van der Waals surface area contributed by atoms with Crippen LogP contribution in [0.4, 0.5) is 0 Å². The van der Waals surface area contributed by atoms with Crippen LogP contribution < -0.4 is 0 Å². The van der Waals surface area contributed by atoms with Crippen LogP contribution in [0.25, 0.3) is 0 Å². The summed E-state index contributed by atoms with van der Waals surface area (Å²) in [7, 11) is 1.45. The molecule has 1 rings (SSSR count). The summed E-state index contributed by atoms with van der Waals surface area (Å²) in [6, 6.07) is 0. The van der Waals surface area contributed by atoms with Gasteiger partial charge in [0.25, 0.3) is 0 Å². The van der Waals surface area contributed by atoms with Crippen LogP contribution in [0.15, 0.2) is 5.16 Å². The summed E-state index contributed by atoms with van der Waals surface area (Å²) in [5.74, 6) is -0.102. The lowest BCUT2D eigenvalue weighted by Gasteiger charge is -2.10. The lowest BCUT2D eigenvalue weighted by Crippen LogP contribution is -2.24. The number of carbonyl (C=O) groups excluding carboxylic acids is 1. The third-order valence-corrected chi connectivity index (χ3v) is 2.42. The van der Waals surface area contributed by atoms with Crippen LogP contribution in [-0.2, 0) is 14.4 Å². The minimum atomic E-state index is -0.332. The average molecular weight is 199 g/mol. The van der Waals surface area contributed by atoms with Gasteiger partial charge in [0, 0.05) is 5.92 Å². The van der Waals surface area contributed by atoms with Gasteiger partial charge in [0.1, 0.15) is 7.11 Å². The Morgan fingerprint density at radius 2 is 2.07 bits per heavy atom. The molecule has 0 spiro atoms. The van der Waals surface area contributed by atoms with Crippen LogP contribution in [0.3, 0.4) is 0 Å². The predicted octanol–water partition coefficient (Wildman–Crippen LogP) is 1.74. The van der Waals surface area contributed by atoms with E-state index in [0.29, 0.717) is 12.3 Å². The van der Waals surface area contributed by atoms with Crippen molar-refractivity contribution in [1.82, 2.24) is 0 Å². The predicted molar refractivity (Wildman–Crippen MR) is 53.0 cm³/mol. The minimum Gasteiger partial charge on any atom is -0.461 e. The largest absolute Gasteiger partial charge is 0.461 e. The van der Waals surface area contributed by atoms with Crippen LogP contribution in [-0.4, -0.2) is 25.4 Å². The van der Waals surface area contributed by atoms with Gasteiger partial charge in [0.05, 0.1) is 6.61 Å². The van der Waals surface area contributed by atoms with Crippen LogP contribution >= 0.6 is 0 Å². The van der Waals surface area contributed by atoms with Crippen molar-refractivity contribution in [2.75, 3.05) is 13.7 Å². The molecular weight excluding hydrogens is 182 g/mol. The summed E-state index contributed by atoms with van der Waals surface area (Å²) in [6.07, 6.45) is 4.35. The van der Waals surface area contributed by atoms with E-state index in [9.17, 15) is 4.79 Å². The van der Waals surface area contributed by atoms with Gasteiger partial charge in [-0.25, -0.2) is 4.79 Å². The fourth-order valence-electron chi connectivity index (χ4n) is 1.78. The first kappa shape index (κ1) is 11.0. The number of nitrogens with zero attached hydrogens (tertiary/aromatic N) is 1. The van der Waals surface area contributed by atoms with E-state index >= 15 is 0 Å². The van der Waals surface area contributed by atoms with Gasteiger partial charge in [-0.15, -0.1) is 0 Å². The molecule has 1 aliphatic carbocycles. The Morgan fingerprint density at radius 3 is 2.57 bits per heavy atom. The fraction of sp³-hybridized carbons (Fsp3) is 0.800. The fourth-order valence-corrected chi connectivity index (χ4v) is 1.78. The molecule has 0 amide bonds. The highest BCUT2D eigenvalue weighted by atomic mass is 16.6. The molecule has 0 bridgehead atoms. The van der Waals surface area contributed by atoms with Gasteiger partial charge < -0.3 is 9.57 Å². The Kier molecular flexibility index (Phi) is 4.43. The second-order valence-electron chi connectivity index (χ2n) is 3.36. The maximum absolute atomic E-state index is 11.5. The summed E-state index contributed by atoms with van der Waals surface area (Å²) < 4.78 is 4.92. The Balaban J connectivity index is 2.63. The molecule has 0 N–H and O–H groups in total. The maximum atomic E-state index is 11.5. The van der Waals surface area contributed by atoms with E-state index < -0.39 is 0 Å². The van der Waals surface area contributed by atoms with Gasteiger partial charge in [0.15, 0.2) is 5.71 Å². The summed E-state index contributed by atoms with van der Waals surface area (Å²) >= 11 is 0. The molecule has 0 unspecified atom stereocenters. The zero-order chi connectivity index (χ0) is 10.4. The Morgan fingerprint density at radius 1 is 1.43 bits per heavy atom. The van der Waals surface area contributed by atoms with Crippen molar-refractivity contribution in [2.24, 2.45) is 11.1 Å². The van der Waals surface area contributed by atoms with E-state index in [1.165, 1.54) is 7.11 Å². The maximum Gasteiger partial charge on any atom is 0.356 e. The number of carbonyl (C=O) groups is 1. The van der Waals surface area contributed by atoms with Crippen LogP contribution in [0, 0.1) is 5.92 Å². The van der Waals surface area contributed by atoms with Crippen molar-refractivity contribution in [3.63, 3.8) is 0 Å². The smallest absolute Gasteiger partial charge is 0.356 e. The molecule has 1 fully saturated rings. The summed E-state index contributed by atoms with van der Waals surface area (Å²) in [5, 5.41) is 3.77. The van der Waals surface area contributed by atoms with Gasteiger partial charge in [-0.05, 0) is 19.8 Å². The number of hydrogen-bond donors (Lipinski definition) is 0. The van der Waals surface area contributed by atoms with Crippen molar-refractivity contribution >= 4 is 11.7 Å². The van der Waals surface area contributed by atoms with Crippen molar-refractivity contribution in [2.45, 2.75) is 32.6 Å². The van der Waals surface area contributed by atoms with Crippen molar-refractivity contribution < 1.29 is 14.4 Å². The Labute approximate surface area is 84.3 Å². The molecular formula is C10H17NO3. The van der Waals surface area contributed by atoms with Gasteiger partial charge in [-0.1, -0.05) is 18.0 Å². The zero-order valence-electron chi connectivity index (χ0n) is 8.78. The molecule has 0 heterocycles. The molecule has 4 heteroatoms. The molecule has 80 valence electrons. The first-order valence-electron chi connectivity index (χ1n) is 5.07. The van der Waals surface area contributed by atoms with Gasteiger partial charge >= 0.3 is 5.97 Å². The molecule has 1 aliphatic rings. The SMILES string of the molecule is CCOC(=O)/C(=N/OC)C1CCCC1. The molecule has 0 radical (unpaired) electrons. The van der Waals surface area contributed by atoms with E-state index in [-0.39, 0.29) is 11.9 Å². The summed E-state index contributed by atoms with van der Waals surface area (Å²) in [6.45, 7) is 2.17. The molecule has 14 heavy (non-hydrogen) atoms. The standard InChI is InChI=1S/C10H17NO3/c1-3-14-10(12)9(11-13-2)8-6-4-5-7-8/h8H,3-7H2,1-2H3/b11-9+. The van der Waals surface area contributed by atoms with Crippen molar-refractivity contribution in [3.8, 4) is 0 Å². The van der Waals surface area contributed by atoms with E-state index in [1.54, 1.807) is 6.92 Å². The van der Waals surface area contributed by atoms with Gasteiger partial charge in [0.2, 0.25) is 0 Å². The molecule has 0 aromatic heterocycles. The second-order valence-corrected chi connectivity index (χ2v) is 3.36. The van der Waals surface area contributed by atoms with Gasteiger partial charge in [-0.2, -0.15) is 0 Å². The quantitative estimate of drug-likeness (QED) is 0.393. The molecule has 0 aliphatic heterocycles.